The van der Waals surface area contributed by atoms with E-state index in [0.717, 1.165) is 28.1 Å². The summed E-state index contributed by atoms with van der Waals surface area (Å²) >= 11 is 0. The van der Waals surface area contributed by atoms with Crippen LogP contribution in [0.1, 0.15) is 27.4 Å². The third-order valence-electron chi connectivity index (χ3n) is 4.31. The number of aromatic nitrogens is 2. The Balaban J connectivity index is 1.84. The second-order valence-electron chi connectivity index (χ2n) is 6.16. The largest absolute Gasteiger partial charge is 0.495 e. The number of benzene rings is 1. The second-order valence-corrected chi connectivity index (χ2v) is 6.16. The zero-order valence-corrected chi connectivity index (χ0v) is 15.3. The predicted octanol–water partition coefficient (Wildman–Crippen LogP) is 3.63. The number of hydrogen-bond donors (Lipinski definition) is 0. The summed E-state index contributed by atoms with van der Waals surface area (Å²) in [6.07, 6.45) is 3.40. The number of hydrogen-bond acceptors (Lipinski definition) is 5. The minimum absolute atomic E-state index is 0.0669. The van der Waals surface area contributed by atoms with Crippen LogP contribution < -0.4 is 4.74 Å². The van der Waals surface area contributed by atoms with Gasteiger partial charge in [-0.2, -0.15) is 0 Å². The Bertz CT molecular complexity index is 914. The van der Waals surface area contributed by atoms with E-state index in [1.54, 1.807) is 31.5 Å². The minimum atomic E-state index is -0.0669. The maximum absolute atomic E-state index is 12.8. The molecule has 6 nitrogen and oxygen atoms in total. The smallest absolute Gasteiger partial charge is 0.253 e. The Kier molecular flexibility index (Phi) is 5.02. The van der Waals surface area contributed by atoms with Gasteiger partial charge in [0.1, 0.15) is 11.5 Å². The van der Waals surface area contributed by atoms with E-state index < -0.39 is 0 Å². The zero-order chi connectivity index (χ0) is 18.7. The lowest BCUT2D eigenvalue weighted by atomic mass is 10.0. The molecule has 0 aliphatic heterocycles. The van der Waals surface area contributed by atoms with Crippen molar-refractivity contribution in [1.29, 1.82) is 0 Å². The Morgan fingerprint density at radius 3 is 2.69 bits per heavy atom. The van der Waals surface area contributed by atoms with Crippen LogP contribution in [0.4, 0.5) is 0 Å². The van der Waals surface area contributed by atoms with Gasteiger partial charge in [0.05, 0.1) is 25.5 Å². The van der Waals surface area contributed by atoms with Gasteiger partial charge in [-0.25, -0.2) is 0 Å². The first-order chi connectivity index (χ1) is 12.5. The van der Waals surface area contributed by atoms with Crippen molar-refractivity contribution in [3.63, 3.8) is 0 Å². The minimum Gasteiger partial charge on any atom is -0.495 e. The molecule has 0 saturated carbocycles. The van der Waals surface area contributed by atoms with E-state index in [9.17, 15) is 4.79 Å². The lowest BCUT2D eigenvalue weighted by molar-refractivity contribution is 0.0784. The molecule has 0 atom stereocenters. The molecule has 0 fully saturated rings. The number of nitrogens with zero attached hydrogens (tertiary/aromatic N) is 3. The van der Waals surface area contributed by atoms with Gasteiger partial charge in [0.15, 0.2) is 0 Å². The van der Waals surface area contributed by atoms with E-state index in [1.165, 1.54) is 0 Å². The van der Waals surface area contributed by atoms with Crippen molar-refractivity contribution in [2.24, 2.45) is 0 Å². The summed E-state index contributed by atoms with van der Waals surface area (Å²) in [6, 6.07) is 9.38. The third kappa shape index (κ3) is 3.59. The van der Waals surface area contributed by atoms with Gasteiger partial charge in [-0.1, -0.05) is 17.3 Å². The van der Waals surface area contributed by atoms with Crippen molar-refractivity contribution in [3.8, 4) is 16.9 Å². The van der Waals surface area contributed by atoms with Gasteiger partial charge in [-0.15, -0.1) is 0 Å². The van der Waals surface area contributed by atoms with Crippen LogP contribution in [-0.4, -0.2) is 35.1 Å². The first-order valence-electron chi connectivity index (χ1n) is 8.26. The van der Waals surface area contributed by atoms with E-state index in [0.29, 0.717) is 17.9 Å². The van der Waals surface area contributed by atoms with E-state index in [4.69, 9.17) is 9.26 Å². The molecule has 0 radical (unpaired) electrons. The second kappa shape index (κ2) is 7.39. The molecule has 2 aromatic heterocycles. The van der Waals surface area contributed by atoms with Crippen molar-refractivity contribution < 1.29 is 14.1 Å². The summed E-state index contributed by atoms with van der Waals surface area (Å²) < 4.78 is 10.4. The molecule has 0 spiro atoms. The van der Waals surface area contributed by atoms with Crippen LogP contribution >= 0.6 is 0 Å². The standard InChI is InChI=1S/C20H21N3O3/c1-13-19(14(2)26-22-13)12-23(3)20(24)16-7-5-6-15(8-16)17-9-18(25-4)11-21-10-17/h5-11H,12H2,1-4H3. The quantitative estimate of drug-likeness (QED) is 0.702. The van der Waals surface area contributed by atoms with Crippen molar-refractivity contribution in [2.45, 2.75) is 20.4 Å². The van der Waals surface area contributed by atoms with E-state index in [1.807, 2.05) is 44.2 Å². The third-order valence-corrected chi connectivity index (χ3v) is 4.31. The van der Waals surface area contributed by atoms with E-state index >= 15 is 0 Å². The van der Waals surface area contributed by atoms with Gasteiger partial charge in [0.25, 0.3) is 5.91 Å². The molecule has 0 aliphatic rings. The zero-order valence-electron chi connectivity index (χ0n) is 15.3. The number of methoxy groups -OCH3 is 1. The number of aryl methyl sites for hydroxylation is 2. The molecule has 0 saturated heterocycles. The molecule has 1 aromatic carbocycles. The lowest BCUT2D eigenvalue weighted by Gasteiger charge is -2.17. The van der Waals surface area contributed by atoms with E-state index in [-0.39, 0.29) is 5.91 Å². The summed E-state index contributed by atoms with van der Waals surface area (Å²) in [5.74, 6) is 1.34. The van der Waals surface area contributed by atoms with Gasteiger partial charge in [0.2, 0.25) is 0 Å². The van der Waals surface area contributed by atoms with Crippen LogP contribution in [0.15, 0.2) is 47.2 Å². The fourth-order valence-corrected chi connectivity index (χ4v) is 2.78. The average Bonchev–Trinajstić information content (AvgIpc) is 2.99. The van der Waals surface area contributed by atoms with Crippen LogP contribution in [-0.2, 0) is 6.54 Å². The predicted molar refractivity (Wildman–Crippen MR) is 98.0 cm³/mol. The number of pyridine rings is 1. The number of carbonyl (C=O) groups excluding carboxylic acids is 1. The van der Waals surface area contributed by atoms with Gasteiger partial charge in [0, 0.05) is 29.9 Å². The summed E-state index contributed by atoms with van der Waals surface area (Å²) in [6.45, 7) is 4.18. The van der Waals surface area contributed by atoms with Crippen LogP contribution in [0.25, 0.3) is 11.1 Å². The van der Waals surface area contributed by atoms with Gasteiger partial charge >= 0.3 is 0 Å². The Morgan fingerprint density at radius 2 is 2.00 bits per heavy atom. The highest BCUT2D eigenvalue weighted by atomic mass is 16.5. The summed E-state index contributed by atoms with van der Waals surface area (Å²) in [4.78, 5) is 18.7. The molecule has 26 heavy (non-hydrogen) atoms. The summed E-state index contributed by atoms with van der Waals surface area (Å²) in [7, 11) is 3.37. The summed E-state index contributed by atoms with van der Waals surface area (Å²) in [5.41, 5.74) is 4.16. The monoisotopic (exact) mass is 351 g/mol. The summed E-state index contributed by atoms with van der Waals surface area (Å²) in [5, 5.41) is 3.94. The molecule has 6 heteroatoms. The average molecular weight is 351 g/mol. The van der Waals surface area contributed by atoms with E-state index in [2.05, 4.69) is 10.1 Å². The number of ether oxygens (including phenoxy) is 1. The highest BCUT2D eigenvalue weighted by molar-refractivity contribution is 5.95. The van der Waals surface area contributed by atoms with Crippen molar-refractivity contribution in [2.75, 3.05) is 14.2 Å². The van der Waals surface area contributed by atoms with Gasteiger partial charge < -0.3 is 14.2 Å². The molecule has 134 valence electrons. The molecule has 2 heterocycles. The van der Waals surface area contributed by atoms with Crippen LogP contribution in [0, 0.1) is 13.8 Å². The molecule has 0 bridgehead atoms. The van der Waals surface area contributed by atoms with Crippen molar-refractivity contribution >= 4 is 5.91 Å². The Morgan fingerprint density at radius 1 is 1.19 bits per heavy atom. The number of rotatable bonds is 5. The SMILES string of the molecule is COc1cncc(-c2cccc(C(=O)N(C)Cc3c(C)noc3C)c2)c1. The molecule has 3 rings (SSSR count). The molecule has 0 aliphatic carbocycles. The molecule has 3 aromatic rings. The fraction of sp³-hybridized carbons (Fsp3) is 0.250. The first-order valence-corrected chi connectivity index (χ1v) is 8.26. The molecular formula is C20H21N3O3. The Hall–Kier alpha value is -3.15. The van der Waals surface area contributed by atoms with Crippen LogP contribution in [0.3, 0.4) is 0 Å². The highest BCUT2D eigenvalue weighted by Gasteiger charge is 2.17. The number of amides is 1. The maximum Gasteiger partial charge on any atom is 0.253 e. The molecular weight excluding hydrogens is 330 g/mol. The van der Waals surface area contributed by atoms with Crippen molar-refractivity contribution in [3.05, 3.63) is 65.3 Å². The normalized spacial score (nSPS) is 10.6. The van der Waals surface area contributed by atoms with Crippen LogP contribution in [0.2, 0.25) is 0 Å². The van der Waals surface area contributed by atoms with Gasteiger partial charge in [-0.05, 0) is 37.6 Å². The maximum atomic E-state index is 12.8. The molecule has 0 N–H and O–H groups in total. The Labute approximate surface area is 152 Å². The fourth-order valence-electron chi connectivity index (χ4n) is 2.78. The topological polar surface area (TPSA) is 68.5 Å². The lowest BCUT2D eigenvalue weighted by Crippen LogP contribution is -2.26. The highest BCUT2D eigenvalue weighted by Crippen LogP contribution is 2.24. The first kappa shape index (κ1) is 17.7. The van der Waals surface area contributed by atoms with Crippen LogP contribution in [0.5, 0.6) is 5.75 Å². The molecule has 0 unspecified atom stereocenters. The van der Waals surface area contributed by atoms with Crippen molar-refractivity contribution in [1.82, 2.24) is 15.0 Å². The van der Waals surface area contributed by atoms with Gasteiger partial charge in [-0.3, -0.25) is 9.78 Å². The molecule has 1 amide bonds. The number of carbonyl (C=O) groups is 1.